The molecule has 0 bridgehead atoms. The van der Waals surface area contributed by atoms with Crippen LogP contribution in [0.1, 0.15) is 17.8 Å². The van der Waals surface area contributed by atoms with Crippen LogP contribution < -0.4 is 10.6 Å². The SMILES string of the molecule is Cc1nn(CCCNC(=S)Nc2cccc(Cl)c2)c(C)c1Br. The quantitative estimate of drug-likeness (QED) is 0.579. The molecular weight excluding hydrogens is 384 g/mol. The van der Waals surface area contributed by atoms with E-state index >= 15 is 0 Å². The fourth-order valence-electron chi connectivity index (χ4n) is 2.07. The van der Waals surface area contributed by atoms with Gasteiger partial charge in [0.05, 0.1) is 10.2 Å². The number of benzene rings is 1. The van der Waals surface area contributed by atoms with Gasteiger partial charge < -0.3 is 10.6 Å². The van der Waals surface area contributed by atoms with Crippen LogP contribution in [-0.4, -0.2) is 21.4 Å². The van der Waals surface area contributed by atoms with Crippen molar-refractivity contribution in [1.29, 1.82) is 0 Å². The standard InChI is InChI=1S/C15H18BrClN4S/c1-10-14(16)11(2)21(20-10)8-4-7-18-15(22)19-13-6-3-5-12(17)9-13/h3,5-6,9H,4,7-8H2,1-2H3,(H2,18,19,22). The van der Waals surface area contributed by atoms with Crippen molar-refractivity contribution in [2.24, 2.45) is 0 Å². The summed E-state index contributed by atoms with van der Waals surface area (Å²) in [5.74, 6) is 0. The topological polar surface area (TPSA) is 41.9 Å². The number of aromatic nitrogens is 2. The van der Waals surface area contributed by atoms with Crippen LogP contribution in [-0.2, 0) is 6.54 Å². The van der Waals surface area contributed by atoms with Gasteiger partial charge in [0.15, 0.2) is 5.11 Å². The summed E-state index contributed by atoms with van der Waals surface area (Å²) in [5.41, 5.74) is 3.05. The zero-order valence-electron chi connectivity index (χ0n) is 12.5. The van der Waals surface area contributed by atoms with E-state index < -0.39 is 0 Å². The van der Waals surface area contributed by atoms with Crippen molar-refractivity contribution in [2.45, 2.75) is 26.8 Å². The van der Waals surface area contributed by atoms with Crippen LogP contribution >= 0.6 is 39.7 Å². The summed E-state index contributed by atoms with van der Waals surface area (Å²) >= 11 is 14.7. The third-order valence-electron chi connectivity index (χ3n) is 3.21. The van der Waals surface area contributed by atoms with Gasteiger partial charge in [-0.2, -0.15) is 5.10 Å². The van der Waals surface area contributed by atoms with Crippen molar-refractivity contribution in [2.75, 3.05) is 11.9 Å². The lowest BCUT2D eigenvalue weighted by Crippen LogP contribution is -2.29. The van der Waals surface area contributed by atoms with Crippen LogP contribution in [0.25, 0.3) is 0 Å². The molecule has 118 valence electrons. The molecule has 0 aliphatic carbocycles. The van der Waals surface area contributed by atoms with Gasteiger partial charge in [-0.05, 0) is 66.6 Å². The molecule has 0 spiro atoms. The lowest BCUT2D eigenvalue weighted by atomic mass is 10.3. The third kappa shape index (κ3) is 4.69. The van der Waals surface area contributed by atoms with Gasteiger partial charge in [0, 0.05) is 29.5 Å². The maximum atomic E-state index is 5.94. The molecule has 0 amide bonds. The Bertz CT molecular complexity index is 672. The predicted octanol–water partition coefficient (Wildman–Crippen LogP) is 4.29. The normalized spacial score (nSPS) is 10.5. The highest BCUT2D eigenvalue weighted by Crippen LogP contribution is 2.19. The van der Waals surface area contributed by atoms with E-state index in [4.69, 9.17) is 23.8 Å². The molecule has 7 heteroatoms. The van der Waals surface area contributed by atoms with Gasteiger partial charge in [-0.1, -0.05) is 17.7 Å². The second-order valence-corrected chi connectivity index (χ2v) is 6.59. The van der Waals surface area contributed by atoms with E-state index in [0.29, 0.717) is 10.1 Å². The predicted molar refractivity (Wildman–Crippen MR) is 99.7 cm³/mol. The highest BCUT2D eigenvalue weighted by atomic mass is 79.9. The highest BCUT2D eigenvalue weighted by molar-refractivity contribution is 9.10. The summed E-state index contributed by atoms with van der Waals surface area (Å²) in [5, 5.41) is 12.1. The van der Waals surface area contributed by atoms with Gasteiger partial charge in [-0.15, -0.1) is 0 Å². The number of hydrogen-bond acceptors (Lipinski definition) is 2. The van der Waals surface area contributed by atoms with Crippen molar-refractivity contribution in [3.8, 4) is 0 Å². The average molecular weight is 402 g/mol. The Kier molecular flexibility index (Phi) is 6.23. The molecule has 0 atom stereocenters. The number of hydrogen-bond donors (Lipinski definition) is 2. The van der Waals surface area contributed by atoms with E-state index in [2.05, 4.69) is 38.6 Å². The smallest absolute Gasteiger partial charge is 0.170 e. The molecule has 1 aromatic carbocycles. The number of nitrogens with one attached hydrogen (secondary N) is 2. The largest absolute Gasteiger partial charge is 0.362 e. The Morgan fingerprint density at radius 3 is 2.82 bits per heavy atom. The van der Waals surface area contributed by atoms with Crippen LogP contribution in [0.15, 0.2) is 28.7 Å². The van der Waals surface area contributed by atoms with Gasteiger partial charge in [-0.25, -0.2) is 0 Å². The molecule has 0 saturated carbocycles. The molecule has 4 nitrogen and oxygen atoms in total. The molecule has 22 heavy (non-hydrogen) atoms. The lowest BCUT2D eigenvalue weighted by Gasteiger charge is -2.11. The lowest BCUT2D eigenvalue weighted by molar-refractivity contribution is 0.558. The van der Waals surface area contributed by atoms with Crippen molar-refractivity contribution >= 4 is 50.5 Å². The van der Waals surface area contributed by atoms with Gasteiger partial charge in [0.1, 0.15) is 0 Å². The van der Waals surface area contributed by atoms with Crippen molar-refractivity contribution in [3.05, 3.63) is 45.1 Å². The first-order valence-electron chi connectivity index (χ1n) is 6.97. The molecular formula is C15H18BrClN4S. The van der Waals surface area contributed by atoms with E-state index in [1.807, 2.05) is 35.9 Å². The van der Waals surface area contributed by atoms with Gasteiger partial charge in [-0.3, -0.25) is 4.68 Å². The fourth-order valence-corrected chi connectivity index (χ4v) is 2.76. The van der Waals surface area contributed by atoms with Crippen molar-refractivity contribution in [1.82, 2.24) is 15.1 Å². The van der Waals surface area contributed by atoms with Gasteiger partial charge in [0.2, 0.25) is 0 Å². The number of nitrogens with zero attached hydrogens (tertiary/aromatic N) is 2. The van der Waals surface area contributed by atoms with Crippen molar-refractivity contribution < 1.29 is 0 Å². The number of aryl methyl sites for hydroxylation is 2. The summed E-state index contributed by atoms with van der Waals surface area (Å²) in [6, 6.07) is 7.47. The molecule has 0 unspecified atom stereocenters. The monoisotopic (exact) mass is 400 g/mol. The van der Waals surface area contributed by atoms with Crippen LogP contribution in [0.2, 0.25) is 5.02 Å². The minimum Gasteiger partial charge on any atom is -0.362 e. The first-order valence-corrected chi connectivity index (χ1v) is 8.55. The molecule has 2 N–H and O–H groups in total. The van der Waals surface area contributed by atoms with Gasteiger partial charge in [0.25, 0.3) is 0 Å². The summed E-state index contributed by atoms with van der Waals surface area (Å²) < 4.78 is 3.09. The van der Waals surface area contributed by atoms with Crippen LogP contribution in [0.4, 0.5) is 5.69 Å². The molecule has 0 aliphatic heterocycles. The summed E-state index contributed by atoms with van der Waals surface area (Å²) in [6.45, 7) is 5.69. The van der Waals surface area contributed by atoms with Crippen LogP contribution in [0, 0.1) is 13.8 Å². The van der Waals surface area contributed by atoms with Crippen LogP contribution in [0.5, 0.6) is 0 Å². The Labute approximate surface area is 149 Å². The summed E-state index contributed by atoms with van der Waals surface area (Å²) in [6.07, 6.45) is 0.936. The maximum absolute atomic E-state index is 5.94. The Balaban J connectivity index is 1.74. The minimum absolute atomic E-state index is 0.594. The van der Waals surface area contributed by atoms with Crippen molar-refractivity contribution in [3.63, 3.8) is 0 Å². The highest BCUT2D eigenvalue weighted by Gasteiger charge is 2.07. The summed E-state index contributed by atoms with van der Waals surface area (Å²) in [4.78, 5) is 0. The Morgan fingerprint density at radius 2 is 2.18 bits per heavy atom. The Hall–Kier alpha value is -1.11. The minimum atomic E-state index is 0.594. The van der Waals surface area contributed by atoms with E-state index in [0.717, 1.165) is 41.1 Å². The zero-order valence-corrected chi connectivity index (χ0v) is 15.6. The number of rotatable bonds is 5. The Morgan fingerprint density at radius 1 is 1.41 bits per heavy atom. The first kappa shape index (κ1) is 17.2. The average Bonchev–Trinajstić information content (AvgIpc) is 2.71. The van der Waals surface area contributed by atoms with E-state index in [-0.39, 0.29) is 0 Å². The summed E-state index contributed by atoms with van der Waals surface area (Å²) in [7, 11) is 0. The molecule has 0 fully saturated rings. The molecule has 1 heterocycles. The van der Waals surface area contributed by atoms with Crippen LogP contribution in [0.3, 0.4) is 0 Å². The van der Waals surface area contributed by atoms with E-state index in [9.17, 15) is 0 Å². The molecule has 1 aromatic heterocycles. The number of thiocarbonyl (C=S) groups is 1. The second-order valence-electron chi connectivity index (χ2n) is 4.95. The molecule has 0 saturated heterocycles. The fraction of sp³-hybridized carbons (Fsp3) is 0.333. The molecule has 0 aliphatic rings. The zero-order chi connectivity index (χ0) is 16.1. The second kappa shape index (κ2) is 7.94. The van der Waals surface area contributed by atoms with E-state index in [1.165, 1.54) is 0 Å². The van der Waals surface area contributed by atoms with Gasteiger partial charge >= 0.3 is 0 Å². The molecule has 0 radical (unpaired) electrons. The number of halogens is 2. The molecule has 2 rings (SSSR count). The maximum Gasteiger partial charge on any atom is 0.170 e. The van der Waals surface area contributed by atoms with E-state index in [1.54, 1.807) is 0 Å². The first-order chi connectivity index (χ1) is 10.5. The molecule has 2 aromatic rings. The third-order valence-corrected chi connectivity index (χ3v) is 4.84. The number of anilines is 1.